The molecule has 0 radical (unpaired) electrons. The fourth-order valence-electron chi connectivity index (χ4n) is 2.14. The first-order valence-electron chi connectivity index (χ1n) is 6.13. The molecule has 1 fully saturated rings. The lowest BCUT2D eigenvalue weighted by Crippen LogP contribution is -2.42. The van der Waals surface area contributed by atoms with Gasteiger partial charge in [-0.3, -0.25) is 4.90 Å². The van der Waals surface area contributed by atoms with Gasteiger partial charge in [-0.15, -0.1) is 0 Å². The highest BCUT2D eigenvalue weighted by Gasteiger charge is 2.24. The number of ether oxygens (including phenoxy) is 1. The van der Waals surface area contributed by atoms with Crippen LogP contribution in [0.5, 0.6) is 0 Å². The molecule has 0 amide bonds. The third kappa shape index (κ3) is 3.63. The third-order valence-electron chi connectivity index (χ3n) is 3.20. The second kappa shape index (κ2) is 6.04. The molecule has 0 aromatic heterocycles. The topological polar surface area (TPSA) is 29.5 Å². The van der Waals surface area contributed by atoms with Crippen molar-refractivity contribution in [1.29, 1.82) is 0 Å². The summed E-state index contributed by atoms with van der Waals surface area (Å²) in [5.74, 6) is 0.458. The van der Waals surface area contributed by atoms with Gasteiger partial charge in [-0.2, -0.15) is 0 Å². The second-order valence-corrected chi connectivity index (χ2v) is 4.79. The largest absolute Gasteiger partial charge is 0.463 e. The number of likely N-dealkylation sites (tertiary alicyclic amines) is 1. The average molecular weight is 225 g/mol. The van der Waals surface area contributed by atoms with Crippen LogP contribution in [0.3, 0.4) is 0 Å². The minimum atomic E-state index is -0.257. The summed E-state index contributed by atoms with van der Waals surface area (Å²) < 4.78 is 4.94. The highest BCUT2D eigenvalue weighted by Crippen LogP contribution is 2.21. The first kappa shape index (κ1) is 13.2. The van der Waals surface area contributed by atoms with Crippen LogP contribution >= 0.6 is 0 Å². The van der Waals surface area contributed by atoms with Crippen LogP contribution in [0.25, 0.3) is 0 Å². The Balaban J connectivity index is 2.45. The Hall–Kier alpha value is -0.830. The van der Waals surface area contributed by atoms with E-state index in [2.05, 4.69) is 25.3 Å². The molecule has 2 unspecified atom stereocenters. The number of rotatable bonds is 4. The van der Waals surface area contributed by atoms with Crippen LogP contribution in [-0.2, 0) is 9.53 Å². The molecule has 3 heteroatoms. The lowest BCUT2D eigenvalue weighted by molar-refractivity contribution is -0.138. The molecular formula is C13H23NO2. The SMILES string of the molecule is C=C(CN1CC(C)CCC1C)C(=O)OCC. The first-order chi connectivity index (χ1) is 7.54. The molecule has 1 saturated heterocycles. The van der Waals surface area contributed by atoms with E-state index >= 15 is 0 Å². The molecule has 0 bridgehead atoms. The molecule has 1 aliphatic rings. The van der Waals surface area contributed by atoms with Gasteiger partial charge in [-0.1, -0.05) is 13.5 Å². The number of nitrogens with zero attached hydrogens (tertiary/aromatic N) is 1. The van der Waals surface area contributed by atoms with Crippen molar-refractivity contribution in [3.8, 4) is 0 Å². The van der Waals surface area contributed by atoms with Crippen LogP contribution in [0.15, 0.2) is 12.2 Å². The van der Waals surface area contributed by atoms with Gasteiger partial charge in [0.15, 0.2) is 0 Å². The number of piperidine rings is 1. The van der Waals surface area contributed by atoms with Crippen molar-refractivity contribution in [2.24, 2.45) is 5.92 Å². The van der Waals surface area contributed by atoms with Crippen LogP contribution in [0.2, 0.25) is 0 Å². The summed E-state index contributed by atoms with van der Waals surface area (Å²) in [6.45, 7) is 12.2. The molecule has 1 aliphatic heterocycles. The van der Waals surface area contributed by atoms with Gasteiger partial charge in [0.1, 0.15) is 0 Å². The molecule has 92 valence electrons. The van der Waals surface area contributed by atoms with Crippen molar-refractivity contribution in [1.82, 2.24) is 4.90 Å². The van der Waals surface area contributed by atoms with Gasteiger partial charge in [-0.25, -0.2) is 4.79 Å². The molecule has 2 atom stereocenters. The van der Waals surface area contributed by atoms with Gasteiger partial charge < -0.3 is 4.74 Å². The molecule has 3 nitrogen and oxygen atoms in total. The van der Waals surface area contributed by atoms with Crippen molar-refractivity contribution in [2.45, 2.75) is 39.7 Å². The molecular weight excluding hydrogens is 202 g/mol. The maximum absolute atomic E-state index is 11.5. The lowest BCUT2D eigenvalue weighted by atomic mass is 9.94. The van der Waals surface area contributed by atoms with Crippen LogP contribution in [-0.4, -0.2) is 36.6 Å². The summed E-state index contributed by atoms with van der Waals surface area (Å²) in [6, 6.07) is 0.544. The van der Waals surface area contributed by atoms with Crippen molar-refractivity contribution in [3.05, 3.63) is 12.2 Å². The molecule has 0 saturated carbocycles. The van der Waals surface area contributed by atoms with E-state index in [-0.39, 0.29) is 5.97 Å². The average Bonchev–Trinajstić information content (AvgIpc) is 2.23. The molecule has 1 rings (SSSR count). The Kier molecular flexibility index (Phi) is 5.00. The minimum absolute atomic E-state index is 0.257. The van der Waals surface area contributed by atoms with E-state index in [1.165, 1.54) is 12.8 Å². The van der Waals surface area contributed by atoms with E-state index in [0.717, 1.165) is 6.54 Å². The quantitative estimate of drug-likeness (QED) is 0.543. The van der Waals surface area contributed by atoms with E-state index in [9.17, 15) is 4.79 Å². The van der Waals surface area contributed by atoms with E-state index in [0.29, 0.717) is 30.7 Å². The van der Waals surface area contributed by atoms with Crippen molar-refractivity contribution >= 4 is 5.97 Å². The number of hydrogen-bond acceptors (Lipinski definition) is 3. The summed E-state index contributed by atoms with van der Waals surface area (Å²) in [4.78, 5) is 13.8. The lowest BCUT2D eigenvalue weighted by Gasteiger charge is -2.36. The Morgan fingerprint density at radius 2 is 2.12 bits per heavy atom. The van der Waals surface area contributed by atoms with Crippen LogP contribution in [0.1, 0.15) is 33.6 Å². The second-order valence-electron chi connectivity index (χ2n) is 4.79. The smallest absolute Gasteiger partial charge is 0.334 e. The van der Waals surface area contributed by atoms with E-state index in [4.69, 9.17) is 4.74 Å². The van der Waals surface area contributed by atoms with Gasteiger partial charge in [-0.05, 0) is 32.6 Å². The Bertz CT molecular complexity index is 263. The Labute approximate surface area is 98.5 Å². The normalized spacial score (nSPS) is 26.4. The number of carbonyl (C=O) groups is 1. The summed E-state index contributed by atoms with van der Waals surface area (Å²) in [5.41, 5.74) is 0.572. The predicted octanol–water partition coefficient (Wildman–Crippen LogP) is 2.23. The first-order valence-corrected chi connectivity index (χ1v) is 6.13. The monoisotopic (exact) mass is 225 g/mol. The zero-order valence-corrected chi connectivity index (χ0v) is 10.7. The summed E-state index contributed by atoms with van der Waals surface area (Å²) in [7, 11) is 0. The zero-order valence-electron chi connectivity index (χ0n) is 10.7. The highest BCUT2D eigenvalue weighted by molar-refractivity contribution is 5.88. The standard InChI is InChI=1S/C13H23NO2/c1-5-16-13(15)11(3)9-14-8-10(2)6-7-12(14)4/h10,12H,3,5-9H2,1-2,4H3. The summed E-state index contributed by atoms with van der Waals surface area (Å²) >= 11 is 0. The van der Waals surface area contributed by atoms with Gasteiger partial charge in [0, 0.05) is 24.7 Å². The van der Waals surface area contributed by atoms with Crippen LogP contribution in [0.4, 0.5) is 0 Å². The number of carbonyl (C=O) groups excluding carboxylic acids is 1. The minimum Gasteiger partial charge on any atom is -0.463 e. The van der Waals surface area contributed by atoms with Crippen molar-refractivity contribution in [3.63, 3.8) is 0 Å². The summed E-state index contributed by atoms with van der Waals surface area (Å²) in [6.07, 6.45) is 2.49. The zero-order chi connectivity index (χ0) is 12.1. The Morgan fingerprint density at radius 1 is 1.44 bits per heavy atom. The number of hydrogen-bond donors (Lipinski definition) is 0. The third-order valence-corrected chi connectivity index (χ3v) is 3.20. The molecule has 0 aromatic carbocycles. The van der Waals surface area contributed by atoms with E-state index < -0.39 is 0 Å². The maximum Gasteiger partial charge on any atom is 0.334 e. The van der Waals surface area contributed by atoms with E-state index in [1.807, 2.05) is 6.92 Å². The van der Waals surface area contributed by atoms with Crippen LogP contribution < -0.4 is 0 Å². The predicted molar refractivity (Wildman–Crippen MR) is 65.2 cm³/mol. The van der Waals surface area contributed by atoms with Crippen molar-refractivity contribution in [2.75, 3.05) is 19.7 Å². The fraction of sp³-hybridized carbons (Fsp3) is 0.769. The van der Waals surface area contributed by atoms with Gasteiger partial charge in [0.05, 0.1) is 6.61 Å². The van der Waals surface area contributed by atoms with Gasteiger partial charge in [0.2, 0.25) is 0 Å². The van der Waals surface area contributed by atoms with Gasteiger partial charge >= 0.3 is 5.97 Å². The fourth-order valence-corrected chi connectivity index (χ4v) is 2.14. The molecule has 1 heterocycles. The number of esters is 1. The molecule has 16 heavy (non-hydrogen) atoms. The molecule has 0 N–H and O–H groups in total. The summed E-state index contributed by atoms with van der Waals surface area (Å²) in [5, 5.41) is 0. The molecule has 0 aliphatic carbocycles. The van der Waals surface area contributed by atoms with Gasteiger partial charge in [0.25, 0.3) is 0 Å². The highest BCUT2D eigenvalue weighted by atomic mass is 16.5. The Morgan fingerprint density at radius 3 is 2.75 bits per heavy atom. The van der Waals surface area contributed by atoms with Crippen LogP contribution in [0, 0.1) is 5.92 Å². The van der Waals surface area contributed by atoms with Crippen molar-refractivity contribution < 1.29 is 9.53 Å². The maximum atomic E-state index is 11.5. The molecule has 0 spiro atoms. The molecule has 0 aromatic rings. The van der Waals surface area contributed by atoms with E-state index in [1.54, 1.807) is 0 Å².